The molecule has 0 spiro atoms. The molecule has 0 aromatic heterocycles. The van der Waals surface area contributed by atoms with Crippen LogP contribution < -0.4 is 4.74 Å². The van der Waals surface area contributed by atoms with Gasteiger partial charge in [-0.25, -0.2) is 0 Å². The monoisotopic (exact) mass is 249 g/mol. The predicted molar refractivity (Wildman–Crippen MR) is 53.9 cm³/mol. The second-order valence-electron chi connectivity index (χ2n) is 3.72. The number of nitro groups is 1. The smallest absolute Gasteiger partial charge is 0.406 e. The molecule has 0 aliphatic rings. The molecule has 94 valence electrons. The van der Waals surface area contributed by atoms with E-state index in [9.17, 15) is 23.3 Å². The number of nitro benzene ring substituents is 1. The number of halogens is 3. The van der Waals surface area contributed by atoms with Crippen molar-refractivity contribution in [2.45, 2.75) is 26.1 Å². The van der Waals surface area contributed by atoms with Gasteiger partial charge in [0.15, 0.2) is 0 Å². The number of hydrogen-bond acceptors (Lipinski definition) is 3. The zero-order valence-electron chi connectivity index (χ0n) is 9.12. The van der Waals surface area contributed by atoms with Crippen molar-refractivity contribution in [3.63, 3.8) is 0 Å². The summed E-state index contributed by atoms with van der Waals surface area (Å²) in [6.07, 6.45) is -4.86. The average molecular weight is 249 g/mol. The van der Waals surface area contributed by atoms with Gasteiger partial charge in [-0.2, -0.15) is 0 Å². The van der Waals surface area contributed by atoms with Crippen LogP contribution in [0.1, 0.15) is 25.3 Å². The number of hydrogen-bond donors (Lipinski definition) is 0. The van der Waals surface area contributed by atoms with Crippen LogP contribution in [0.25, 0.3) is 0 Å². The molecule has 0 fully saturated rings. The van der Waals surface area contributed by atoms with Gasteiger partial charge in [-0.1, -0.05) is 13.8 Å². The molecule has 7 heteroatoms. The van der Waals surface area contributed by atoms with E-state index in [1.165, 1.54) is 6.07 Å². The number of rotatable bonds is 3. The van der Waals surface area contributed by atoms with Crippen LogP contribution in [0.4, 0.5) is 18.9 Å². The van der Waals surface area contributed by atoms with Gasteiger partial charge in [0.25, 0.3) is 5.69 Å². The van der Waals surface area contributed by atoms with Crippen LogP contribution in [0.15, 0.2) is 18.2 Å². The number of alkyl halides is 3. The van der Waals surface area contributed by atoms with Gasteiger partial charge in [0.1, 0.15) is 5.75 Å². The molecule has 0 aliphatic carbocycles. The molecule has 0 bridgehead atoms. The quantitative estimate of drug-likeness (QED) is 0.607. The molecule has 0 atom stereocenters. The lowest BCUT2D eigenvalue weighted by Crippen LogP contribution is -2.17. The van der Waals surface area contributed by atoms with Crippen molar-refractivity contribution in [3.8, 4) is 5.75 Å². The molecule has 4 nitrogen and oxygen atoms in total. The van der Waals surface area contributed by atoms with Gasteiger partial charge in [-0.05, 0) is 17.5 Å². The molecule has 0 heterocycles. The fraction of sp³-hybridized carbons (Fsp3) is 0.400. The molecule has 0 amide bonds. The molecule has 0 unspecified atom stereocenters. The molecule has 1 rings (SSSR count). The van der Waals surface area contributed by atoms with E-state index in [2.05, 4.69) is 4.74 Å². The Morgan fingerprint density at radius 3 is 2.29 bits per heavy atom. The predicted octanol–water partition coefficient (Wildman–Crippen LogP) is 3.62. The summed E-state index contributed by atoms with van der Waals surface area (Å²) in [5.41, 5.74) is -0.00565. The minimum Gasteiger partial charge on any atom is -0.406 e. The van der Waals surface area contributed by atoms with Crippen LogP contribution in [-0.4, -0.2) is 11.3 Å². The summed E-state index contributed by atoms with van der Waals surface area (Å²) in [6, 6.07) is 3.12. The highest BCUT2D eigenvalue weighted by molar-refractivity contribution is 5.43. The van der Waals surface area contributed by atoms with Gasteiger partial charge in [0.2, 0.25) is 0 Å². The third kappa shape index (κ3) is 3.93. The first kappa shape index (κ1) is 13.3. The van der Waals surface area contributed by atoms with E-state index in [1.54, 1.807) is 13.8 Å². The summed E-state index contributed by atoms with van der Waals surface area (Å²) < 4.78 is 39.7. The Balaban J connectivity index is 3.17. The van der Waals surface area contributed by atoms with Crippen LogP contribution in [0.3, 0.4) is 0 Å². The molecule has 0 N–H and O–H groups in total. The number of non-ortho nitro benzene ring substituents is 1. The highest BCUT2D eigenvalue weighted by Gasteiger charge is 2.32. The van der Waals surface area contributed by atoms with Gasteiger partial charge in [0.05, 0.1) is 11.0 Å². The second-order valence-corrected chi connectivity index (χ2v) is 3.72. The second kappa shape index (κ2) is 4.60. The SMILES string of the molecule is CC(C)c1cc(OC(F)(F)F)cc([N+](=O)[O-])c1. The summed E-state index contributed by atoms with van der Waals surface area (Å²) in [7, 11) is 0. The zero-order chi connectivity index (χ0) is 13.2. The van der Waals surface area contributed by atoms with Crippen molar-refractivity contribution in [2.24, 2.45) is 0 Å². The minimum absolute atomic E-state index is 0.134. The van der Waals surface area contributed by atoms with Gasteiger partial charge >= 0.3 is 6.36 Å². The Hall–Kier alpha value is -1.79. The number of nitrogens with zero attached hydrogens (tertiary/aromatic N) is 1. The van der Waals surface area contributed by atoms with Crippen molar-refractivity contribution in [1.29, 1.82) is 0 Å². The van der Waals surface area contributed by atoms with Crippen LogP contribution in [0.2, 0.25) is 0 Å². The summed E-state index contributed by atoms with van der Waals surface area (Å²) in [5, 5.41) is 10.6. The first-order valence-electron chi connectivity index (χ1n) is 4.74. The lowest BCUT2D eigenvalue weighted by Gasteiger charge is -2.11. The summed E-state index contributed by atoms with van der Waals surface area (Å²) in [6.45, 7) is 3.44. The van der Waals surface area contributed by atoms with Crippen LogP contribution >= 0.6 is 0 Å². The van der Waals surface area contributed by atoms with Gasteiger partial charge < -0.3 is 4.74 Å². The van der Waals surface area contributed by atoms with Gasteiger partial charge in [-0.15, -0.1) is 13.2 Å². The van der Waals surface area contributed by atoms with Crippen molar-refractivity contribution in [3.05, 3.63) is 33.9 Å². The highest BCUT2D eigenvalue weighted by Crippen LogP contribution is 2.30. The molecule has 1 aromatic rings. The van der Waals surface area contributed by atoms with Crippen LogP contribution in [0.5, 0.6) is 5.75 Å². The zero-order valence-corrected chi connectivity index (χ0v) is 9.12. The Bertz CT molecular complexity index is 429. The van der Waals surface area contributed by atoms with E-state index >= 15 is 0 Å². The molecule has 1 aromatic carbocycles. The first-order chi connectivity index (χ1) is 7.69. The van der Waals surface area contributed by atoms with E-state index in [0.29, 0.717) is 5.56 Å². The van der Waals surface area contributed by atoms with Crippen molar-refractivity contribution in [2.75, 3.05) is 0 Å². The Morgan fingerprint density at radius 2 is 1.88 bits per heavy atom. The van der Waals surface area contributed by atoms with E-state index in [0.717, 1.165) is 12.1 Å². The molecule has 17 heavy (non-hydrogen) atoms. The van der Waals surface area contributed by atoms with Crippen molar-refractivity contribution in [1.82, 2.24) is 0 Å². The molecular weight excluding hydrogens is 239 g/mol. The van der Waals surface area contributed by atoms with E-state index in [4.69, 9.17) is 0 Å². The maximum atomic E-state index is 12.0. The van der Waals surface area contributed by atoms with E-state index in [1.807, 2.05) is 0 Å². The summed E-state index contributed by atoms with van der Waals surface area (Å²) in [5.74, 6) is -0.708. The highest BCUT2D eigenvalue weighted by atomic mass is 19.4. The van der Waals surface area contributed by atoms with Crippen LogP contribution in [-0.2, 0) is 0 Å². The lowest BCUT2D eigenvalue weighted by atomic mass is 10.0. The maximum absolute atomic E-state index is 12.0. The Kier molecular flexibility index (Phi) is 3.59. The normalized spacial score (nSPS) is 11.6. The number of ether oxygens (including phenoxy) is 1. The minimum atomic E-state index is -4.86. The van der Waals surface area contributed by atoms with Gasteiger partial charge in [0, 0.05) is 6.07 Å². The summed E-state index contributed by atoms with van der Waals surface area (Å²) in [4.78, 5) is 9.81. The van der Waals surface area contributed by atoms with E-state index < -0.39 is 22.7 Å². The first-order valence-corrected chi connectivity index (χ1v) is 4.74. The summed E-state index contributed by atoms with van der Waals surface area (Å²) >= 11 is 0. The van der Waals surface area contributed by atoms with Crippen molar-refractivity contribution >= 4 is 5.69 Å². The fourth-order valence-corrected chi connectivity index (χ4v) is 1.24. The average Bonchev–Trinajstić information content (AvgIpc) is 2.14. The molecule has 0 saturated carbocycles. The molecular formula is C10H10F3NO3. The molecule has 0 radical (unpaired) electrons. The van der Waals surface area contributed by atoms with Crippen LogP contribution in [0, 0.1) is 10.1 Å². The van der Waals surface area contributed by atoms with Gasteiger partial charge in [-0.3, -0.25) is 10.1 Å². The number of benzene rings is 1. The largest absolute Gasteiger partial charge is 0.573 e. The Labute approximate surface area is 95.2 Å². The maximum Gasteiger partial charge on any atom is 0.573 e. The molecule has 0 saturated heterocycles. The topological polar surface area (TPSA) is 52.4 Å². The van der Waals surface area contributed by atoms with Crippen molar-refractivity contribution < 1.29 is 22.8 Å². The third-order valence-electron chi connectivity index (χ3n) is 2.02. The Morgan fingerprint density at radius 1 is 1.29 bits per heavy atom. The van der Waals surface area contributed by atoms with E-state index in [-0.39, 0.29) is 5.92 Å². The standard InChI is InChI=1S/C10H10F3NO3/c1-6(2)7-3-8(14(15)16)5-9(4-7)17-10(11,12)13/h3-6H,1-2H3. The third-order valence-corrected chi connectivity index (χ3v) is 2.02. The fourth-order valence-electron chi connectivity index (χ4n) is 1.24. The lowest BCUT2D eigenvalue weighted by molar-refractivity contribution is -0.385. The molecule has 0 aliphatic heterocycles.